The first-order valence-electron chi connectivity index (χ1n) is 8.45. The number of nitrogens with one attached hydrogen (secondary N) is 1. The molecule has 0 spiro atoms. The molecule has 25 heavy (non-hydrogen) atoms. The molecule has 1 amide bonds. The summed E-state index contributed by atoms with van der Waals surface area (Å²) in [6.45, 7) is 6.10. The average molecular weight is 361 g/mol. The van der Waals surface area contributed by atoms with Gasteiger partial charge in [-0.1, -0.05) is 29.8 Å². The molecule has 2 heterocycles. The summed E-state index contributed by atoms with van der Waals surface area (Å²) in [6, 6.07) is 9.17. The smallest absolute Gasteiger partial charge is 0.270 e. The Morgan fingerprint density at radius 2 is 1.88 bits per heavy atom. The highest BCUT2D eigenvalue weighted by Gasteiger charge is 2.26. The van der Waals surface area contributed by atoms with Crippen molar-refractivity contribution in [1.29, 1.82) is 0 Å². The van der Waals surface area contributed by atoms with Crippen LogP contribution in [0, 0.1) is 6.92 Å². The molecule has 1 aromatic heterocycles. The Balaban J connectivity index is 1.80. The first kappa shape index (κ1) is 17.7. The molecule has 1 aromatic carbocycles. The van der Waals surface area contributed by atoms with Crippen molar-refractivity contribution in [3.8, 4) is 0 Å². The number of aryl methyl sites for hydroxylation is 2. The Kier molecular flexibility index (Phi) is 4.96. The lowest BCUT2D eigenvalue weighted by Crippen LogP contribution is -2.30. The van der Waals surface area contributed by atoms with Crippen molar-refractivity contribution in [3.63, 3.8) is 0 Å². The molecule has 1 aliphatic heterocycles. The molecule has 7 heteroatoms. The Morgan fingerprint density at radius 3 is 2.56 bits per heavy atom. The van der Waals surface area contributed by atoms with Crippen molar-refractivity contribution in [3.05, 3.63) is 53.3 Å². The van der Waals surface area contributed by atoms with Crippen LogP contribution in [-0.4, -0.2) is 36.9 Å². The van der Waals surface area contributed by atoms with Crippen LogP contribution < -0.4 is 4.72 Å². The monoisotopic (exact) mass is 361 g/mol. The van der Waals surface area contributed by atoms with Crippen LogP contribution in [0.4, 0.5) is 0 Å². The second kappa shape index (κ2) is 7.01. The molecule has 3 rings (SSSR count). The summed E-state index contributed by atoms with van der Waals surface area (Å²) < 4.78 is 29.5. The zero-order valence-electron chi connectivity index (χ0n) is 14.5. The maximum Gasteiger partial charge on any atom is 0.270 e. The van der Waals surface area contributed by atoms with Crippen molar-refractivity contribution in [1.82, 2.24) is 14.2 Å². The van der Waals surface area contributed by atoms with Gasteiger partial charge in [0.05, 0.1) is 0 Å². The Hall–Kier alpha value is -2.12. The van der Waals surface area contributed by atoms with Crippen molar-refractivity contribution in [2.45, 2.75) is 38.3 Å². The maximum absolute atomic E-state index is 12.6. The standard InChI is InChI=1S/C18H23N3O3S/c1-3-20-9-4-10-21-13-16(11-17(21)18(20)22)25(23,24)19-12-15-7-5-14(2)6-8-15/h5-8,11,13,19H,3-4,9-10,12H2,1-2H3. The van der Waals surface area contributed by atoms with Gasteiger partial charge in [0.1, 0.15) is 10.6 Å². The summed E-state index contributed by atoms with van der Waals surface area (Å²) in [5, 5.41) is 0. The molecule has 1 N–H and O–H groups in total. The quantitative estimate of drug-likeness (QED) is 0.887. The molecule has 0 atom stereocenters. The summed E-state index contributed by atoms with van der Waals surface area (Å²) in [6.07, 6.45) is 2.38. The number of amides is 1. The first-order chi connectivity index (χ1) is 11.9. The van der Waals surface area contributed by atoms with Crippen LogP contribution in [-0.2, 0) is 23.1 Å². The fraction of sp³-hybridized carbons (Fsp3) is 0.389. The van der Waals surface area contributed by atoms with Crippen LogP contribution in [0.15, 0.2) is 41.4 Å². The van der Waals surface area contributed by atoms with E-state index in [1.54, 1.807) is 15.7 Å². The van der Waals surface area contributed by atoms with E-state index < -0.39 is 10.0 Å². The van der Waals surface area contributed by atoms with Crippen molar-refractivity contribution in [2.24, 2.45) is 0 Å². The number of benzene rings is 1. The van der Waals surface area contributed by atoms with Crippen LogP contribution >= 0.6 is 0 Å². The van der Waals surface area contributed by atoms with E-state index in [-0.39, 0.29) is 17.3 Å². The van der Waals surface area contributed by atoms with Crippen molar-refractivity contribution >= 4 is 15.9 Å². The van der Waals surface area contributed by atoms with E-state index in [1.165, 1.54) is 6.07 Å². The van der Waals surface area contributed by atoms with Crippen LogP contribution in [0.1, 0.15) is 35.0 Å². The summed E-state index contributed by atoms with van der Waals surface area (Å²) in [5.41, 5.74) is 2.46. The van der Waals surface area contributed by atoms with Gasteiger partial charge in [0.25, 0.3) is 5.91 Å². The number of nitrogens with zero attached hydrogens (tertiary/aromatic N) is 2. The Labute approximate surface area is 148 Å². The number of sulfonamides is 1. The number of aromatic nitrogens is 1. The number of carbonyl (C=O) groups excluding carboxylic acids is 1. The average Bonchev–Trinajstić information content (AvgIpc) is 2.97. The Bertz CT molecular complexity index is 869. The number of carbonyl (C=O) groups is 1. The summed E-state index contributed by atoms with van der Waals surface area (Å²) in [4.78, 5) is 14.4. The fourth-order valence-electron chi connectivity index (χ4n) is 2.96. The normalized spacial score (nSPS) is 15.1. The van der Waals surface area contributed by atoms with Gasteiger partial charge in [-0.25, -0.2) is 13.1 Å². The Morgan fingerprint density at radius 1 is 1.16 bits per heavy atom. The maximum atomic E-state index is 12.6. The lowest BCUT2D eigenvalue weighted by Gasteiger charge is -2.17. The SMILES string of the molecule is CCN1CCCn2cc(S(=O)(=O)NCc3ccc(C)cc3)cc2C1=O. The molecule has 0 bridgehead atoms. The zero-order valence-corrected chi connectivity index (χ0v) is 15.3. The van der Waals surface area contributed by atoms with Gasteiger partial charge in [0.15, 0.2) is 0 Å². The zero-order chi connectivity index (χ0) is 18.0. The molecule has 0 saturated heterocycles. The van der Waals surface area contributed by atoms with Gasteiger partial charge in [-0.2, -0.15) is 0 Å². The third-order valence-corrected chi connectivity index (χ3v) is 5.85. The lowest BCUT2D eigenvalue weighted by molar-refractivity contribution is 0.0766. The second-order valence-electron chi connectivity index (χ2n) is 6.30. The minimum absolute atomic E-state index is 0.111. The molecule has 0 aliphatic carbocycles. The van der Waals surface area contributed by atoms with Crippen molar-refractivity contribution < 1.29 is 13.2 Å². The number of fused-ring (bicyclic) bond motifs is 1. The van der Waals surface area contributed by atoms with E-state index in [4.69, 9.17) is 0 Å². The number of hydrogen-bond acceptors (Lipinski definition) is 3. The molecule has 1 aliphatic rings. The van der Waals surface area contributed by atoms with Gasteiger partial charge in [-0.05, 0) is 31.9 Å². The third kappa shape index (κ3) is 3.77. The minimum Gasteiger partial charge on any atom is -0.342 e. The molecule has 0 radical (unpaired) electrons. The largest absolute Gasteiger partial charge is 0.342 e. The van der Waals surface area contributed by atoms with Gasteiger partial charge < -0.3 is 9.47 Å². The van der Waals surface area contributed by atoms with Crippen molar-refractivity contribution in [2.75, 3.05) is 13.1 Å². The van der Waals surface area contributed by atoms with E-state index in [0.29, 0.717) is 25.3 Å². The van der Waals surface area contributed by atoms with Gasteiger partial charge in [0.2, 0.25) is 10.0 Å². The molecule has 6 nitrogen and oxygen atoms in total. The summed E-state index contributed by atoms with van der Waals surface area (Å²) in [5.74, 6) is -0.111. The van der Waals surface area contributed by atoms with E-state index in [9.17, 15) is 13.2 Å². The predicted octanol–water partition coefficient (Wildman–Crippen LogP) is 2.14. The van der Waals surface area contributed by atoms with E-state index in [0.717, 1.165) is 17.5 Å². The van der Waals surface area contributed by atoms with Crippen LogP contribution in [0.2, 0.25) is 0 Å². The first-order valence-corrected chi connectivity index (χ1v) is 9.93. The number of rotatable bonds is 5. The minimum atomic E-state index is -3.66. The van der Waals surface area contributed by atoms with Gasteiger partial charge in [-0.3, -0.25) is 4.79 Å². The molecular weight excluding hydrogens is 338 g/mol. The van der Waals surface area contributed by atoms with Gasteiger partial charge in [-0.15, -0.1) is 0 Å². The third-order valence-electron chi connectivity index (χ3n) is 4.48. The predicted molar refractivity (Wildman–Crippen MR) is 95.8 cm³/mol. The molecule has 0 fully saturated rings. The van der Waals surface area contributed by atoms with E-state index >= 15 is 0 Å². The van der Waals surface area contributed by atoms with Gasteiger partial charge in [0, 0.05) is 32.4 Å². The molecule has 134 valence electrons. The highest BCUT2D eigenvalue weighted by molar-refractivity contribution is 7.89. The van der Waals surface area contributed by atoms with Gasteiger partial charge >= 0.3 is 0 Å². The summed E-state index contributed by atoms with van der Waals surface area (Å²) in [7, 11) is -3.66. The van der Waals surface area contributed by atoms with Crippen LogP contribution in [0.5, 0.6) is 0 Å². The lowest BCUT2D eigenvalue weighted by atomic mass is 10.2. The highest BCUT2D eigenvalue weighted by atomic mass is 32.2. The van der Waals surface area contributed by atoms with Crippen LogP contribution in [0.3, 0.4) is 0 Å². The second-order valence-corrected chi connectivity index (χ2v) is 8.07. The molecule has 0 saturated carbocycles. The number of hydrogen-bond donors (Lipinski definition) is 1. The highest BCUT2D eigenvalue weighted by Crippen LogP contribution is 2.20. The fourth-order valence-corrected chi connectivity index (χ4v) is 4.02. The topological polar surface area (TPSA) is 71.4 Å². The molecule has 0 unspecified atom stereocenters. The molecule has 2 aromatic rings. The van der Waals surface area contributed by atoms with E-state index in [1.807, 2.05) is 38.1 Å². The summed E-state index contributed by atoms with van der Waals surface area (Å²) >= 11 is 0. The van der Waals surface area contributed by atoms with E-state index in [2.05, 4.69) is 4.72 Å². The molecular formula is C18H23N3O3S. The van der Waals surface area contributed by atoms with Crippen LogP contribution in [0.25, 0.3) is 0 Å².